The maximum Gasteiger partial charge on any atom is 0.422 e. The zero-order chi connectivity index (χ0) is 18.9. The van der Waals surface area contributed by atoms with E-state index in [9.17, 15) is 13.2 Å². The number of piperazine rings is 1. The molecule has 1 aliphatic rings. The van der Waals surface area contributed by atoms with Crippen molar-refractivity contribution in [1.82, 2.24) is 15.3 Å². The Kier molecular flexibility index (Phi) is 4.90. The molecule has 0 radical (unpaired) electrons. The van der Waals surface area contributed by atoms with Crippen LogP contribution in [0.4, 0.5) is 30.6 Å². The van der Waals surface area contributed by atoms with E-state index in [2.05, 4.69) is 25.5 Å². The van der Waals surface area contributed by atoms with Gasteiger partial charge in [-0.25, -0.2) is 4.98 Å². The van der Waals surface area contributed by atoms with Crippen LogP contribution in [0, 0.1) is 6.92 Å². The second-order valence-corrected chi connectivity index (χ2v) is 6.14. The molecule has 140 valence electrons. The Bertz CT molecular complexity index is 800. The van der Waals surface area contributed by atoms with Crippen LogP contribution in [0.1, 0.15) is 11.1 Å². The number of alkyl halides is 3. The first-order chi connectivity index (χ1) is 12.3. The van der Waals surface area contributed by atoms with E-state index in [0.717, 1.165) is 37.4 Å². The van der Waals surface area contributed by atoms with Gasteiger partial charge < -0.3 is 21.3 Å². The van der Waals surface area contributed by atoms with E-state index >= 15 is 0 Å². The minimum atomic E-state index is -4.60. The summed E-state index contributed by atoms with van der Waals surface area (Å²) in [5.41, 5.74) is 6.76. The molecule has 0 unspecified atom stereocenters. The van der Waals surface area contributed by atoms with Gasteiger partial charge in [0.1, 0.15) is 11.4 Å². The van der Waals surface area contributed by atoms with Gasteiger partial charge in [-0.2, -0.15) is 18.2 Å². The summed E-state index contributed by atoms with van der Waals surface area (Å²) in [6, 6.07) is 5.21. The molecule has 26 heavy (non-hydrogen) atoms. The lowest BCUT2D eigenvalue weighted by molar-refractivity contribution is -0.136. The summed E-state index contributed by atoms with van der Waals surface area (Å²) in [6.07, 6.45) is -4.60. The van der Waals surface area contributed by atoms with Crippen LogP contribution in [0.3, 0.4) is 0 Å². The molecule has 0 aliphatic carbocycles. The normalized spacial score (nSPS) is 15.2. The van der Waals surface area contributed by atoms with Gasteiger partial charge in [-0.05, 0) is 24.6 Å². The molecule has 9 heteroatoms. The monoisotopic (exact) mass is 366 g/mol. The van der Waals surface area contributed by atoms with E-state index < -0.39 is 11.7 Å². The third-order valence-electron chi connectivity index (χ3n) is 4.37. The number of nitrogen functional groups attached to an aromatic ring is 1. The van der Waals surface area contributed by atoms with Gasteiger partial charge in [-0.1, -0.05) is 6.07 Å². The topological polar surface area (TPSA) is 79.1 Å². The molecule has 0 bridgehead atoms. The highest BCUT2D eigenvalue weighted by atomic mass is 19.4. The number of nitrogens with two attached hydrogens (primary N) is 1. The number of rotatable bonds is 3. The molecular formula is C17H21F3N6. The molecule has 6 nitrogen and oxygen atoms in total. The molecule has 0 saturated carbocycles. The number of nitrogens with one attached hydrogen (secondary N) is 2. The van der Waals surface area contributed by atoms with Crippen molar-refractivity contribution in [2.75, 3.05) is 49.2 Å². The van der Waals surface area contributed by atoms with Crippen LogP contribution in [0.15, 0.2) is 18.2 Å². The zero-order valence-corrected chi connectivity index (χ0v) is 14.6. The standard InChI is InChI=1S/C17H21F3N6/c1-10-9-11(3-4-12(10)26-7-5-23-6-8-26)14-13(17(18,19)20)15(22-2)25-16(21)24-14/h3-4,9,23H,5-8H2,1-2H3,(H3,21,22,24,25). The molecule has 1 aromatic heterocycles. The number of benzene rings is 1. The number of anilines is 3. The second-order valence-electron chi connectivity index (χ2n) is 6.14. The fourth-order valence-corrected chi connectivity index (χ4v) is 3.20. The predicted molar refractivity (Wildman–Crippen MR) is 96.2 cm³/mol. The smallest absolute Gasteiger partial charge is 0.372 e. The number of aryl methyl sites for hydroxylation is 1. The summed E-state index contributed by atoms with van der Waals surface area (Å²) < 4.78 is 40.8. The first-order valence-corrected chi connectivity index (χ1v) is 8.30. The molecule has 1 fully saturated rings. The highest BCUT2D eigenvalue weighted by Crippen LogP contribution is 2.41. The third-order valence-corrected chi connectivity index (χ3v) is 4.37. The summed E-state index contributed by atoms with van der Waals surface area (Å²) in [6.45, 7) is 5.37. The summed E-state index contributed by atoms with van der Waals surface area (Å²) in [7, 11) is 1.37. The SMILES string of the molecule is CNc1nc(N)nc(-c2ccc(N3CCNCC3)c(C)c2)c1C(F)(F)F. The third kappa shape index (κ3) is 3.52. The first-order valence-electron chi connectivity index (χ1n) is 8.30. The van der Waals surface area contributed by atoms with E-state index in [1.807, 2.05) is 13.0 Å². The van der Waals surface area contributed by atoms with Gasteiger partial charge in [-0.3, -0.25) is 0 Å². The Hall–Kier alpha value is -2.55. The molecule has 4 N–H and O–H groups in total. The molecule has 3 rings (SSSR count). The van der Waals surface area contributed by atoms with Gasteiger partial charge in [0.2, 0.25) is 5.95 Å². The van der Waals surface area contributed by atoms with E-state index in [4.69, 9.17) is 5.73 Å². The molecule has 0 spiro atoms. The molecule has 1 aromatic carbocycles. The lowest BCUT2D eigenvalue weighted by Gasteiger charge is -2.31. The number of hydrogen-bond acceptors (Lipinski definition) is 6. The second kappa shape index (κ2) is 6.99. The van der Waals surface area contributed by atoms with Gasteiger partial charge in [-0.15, -0.1) is 0 Å². The molecule has 1 aliphatic heterocycles. The van der Waals surface area contributed by atoms with E-state index in [1.165, 1.54) is 7.05 Å². The largest absolute Gasteiger partial charge is 0.422 e. The first kappa shape index (κ1) is 18.2. The zero-order valence-electron chi connectivity index (χ0n) is 14.6. The average Bonchev–Trinajstić information content (AvgIpc) is 2.60. The predicted octanol–water partition coefficient (Wildman–Crippen LogP) is 2.50. The Morgan fingerprint density at radius 1 is 1.19 bits per heavy atom. The number of halogens is 3. The highest BCUT2D eigenvalue weighted by molar-refractivity contribution is 5.73. The Morgan fingerprint density at radius 3 is 2.46 bits per heavy atom. The molecule has 2 heterocycles. The number of nitrogens with zero attached hydrogens (tertiary/aromatic N) is 3. The van der Waals surface area contributed by atoms with Crippen LogP contribution in [0.25, 0.3) is 11.3 Å². The van der Waals surface area contributed by atoms with Gasteiger partial charge in [0.15, 0.2) is 0 Å². The van der Waals surface area contributed by atoms with Crippen molar-refractivity contribution >= 4 is 17.5 Å². The van der Waals surface area contributed by atoms with E-state index in [-0.39, 0.29) is 17.5 Å². The quantitative estimate of drug-likeness (QED) is 0.775. The summed E-state index contributed by atoms with van der Waals surface area (Å²) >= 11 is 0. The average molecular weight is 366 g/mol. The highest BCUT2D eigenvalue weighted by Gasteiger charge is 2.39. The molecule has 1 saturated heterocycles. The van der Waals surface area contributed by atoms with Crippen LogP contribution in [-0.2, 0) is 6.18 Å². The lowest BCUT2D eigenvalue weighted by Crippen LogP contribution is -2.43. The van der Waals surface area contributed by atoms with Crippen LogP contribution >= 0.6 is 0 Å². The van der Waals surface area contributed by atoms with E-state index in [0.29, 0.717) is 5.56 Å². The minimum Gasteiger partial charge on any atom is -0.372 e. The van der Waals surface area contributed by atoms with Crippen LogP contribution < -0.4 is 21.3 Å². The number of hydrogen-bond donors (Lipinski definition) is 3. The van der Waals surface area contributed by atoms with Crippen molar-refractivity contribution in [3.63, 3.8) is 0 Å². The fraction of sp³-hybridized carbons (Fsp3) is 0.412. The van der Waals surface area contributed by atoms with Gasteiger partial charge in [0.25, 0.3) is 0 Å². The van der Waals surface area contributed by atoms with Crippen molar-refractivity contribution in [2.45, 2.75) is 13.1 Å². The number of aromatic nitrogens is 2. The maximum absolute atomic E-state index is 13.6. The van der Waals surface area contributed by atoms with Crippen molar-refractivity contribution in [3.8, 4) is 11.3 Å². The van der Waals surface area contributed by atoms with Crippen LogP contribution in [0.5, 0.6) is 0 Å². The van der Waals surface area contributed by atoms with Gasteiger partial charge in [0.05, 0.1) is 5.69 Å². The summed E-state index contributed by atoms with van der Waals surface area (Å²) in [5.74, 6) is -0.537. The Morgan fingerprint density at radius 2 is 1.88 bits per heavy atom. The molecular weight excluding hydrogens is 345 g/mol. The van der Waals surface area contributed by atoms with Crippen molar-refractivity contribution in [2.24, 2.45) is 0 Å². The minimum absolute atomic E-state index is 0.207. The van der Waals surface area contributed by atoms with Gasteiger partial charge in [0, 0.05) is 44.5 Å². The molecule has 2 aromatic rings. The Balaban J connectivity index is 2.09. The lowest BCUT2D eigenvalue weighted by atomic mass is 10.0. The maximum atomic E-state index is 13.6. The van der Waals surface area contributed by atoms with Crippen molar-refractivity contribution < 1.29 is 13.2 Å². The molecule has 0 amide bonds. The summed E-state index contributed by atoms with van der Waals surface area (Å²) in [4.78, 5) is 9.78. The van der Waals surface area contributed by atoms with E-state index in [1.54, 1.807) is 12.1 Å². The van der Waals surface area contributed by atoms with Gasteiger partial charge >= 0.3 is 6.18 Å². The molecule has 0 atom stereocenters. The van der Waals surface area contributed by atoms with Crippen molar-refractivity contribution in [1.29, 1.82) is 0 Å². The fourth-order valence-electron chi connectivity index (χ4n) is 3.20. The Labute approximate surface area is 149 Å². The summed E-state index contributed by atoms with van der Waals surface area (Å²) in [5, 5.41) is 5.74. The van der Waals surface area contributed by atoms with Crippen LogP contribution in [-0.4, -0.2) is 43.2 Å². The van der Waals surface area contributed by atoms with Crippen LogP contribution in [0.2, 0.25) is 0 Å². The van der Waals surface area contributed by atoms with Crippen molar-refractivity contribution in [3.05, 3.63) is 29.3 Å².